The first-order valence-corrected chi connectivity index (χ1v) is 7.11. The summed E-state index contributed by atoms with van der Waals surface area (Å²) in [7, 11) is 0. The number of aromatic nitrogens is 1. The molecule has 1 amide bonds. The Morgan fingerprint density at radius 1 is 1.63 bits per heavy atom. The van der Waals surface area contributed by atoms with Crippen LogP contribution in [-0.4, -0.2) is 34.4 Å². The number of halogens is 1. The molecule has 0 aromatic carbocycles. The van der Waals surface area contributed by atoms with Crippen molar-refractivity contribution in [1.29, 1.82) is 0 Å². The van der Waals surface area contributed by atoms with E-state index in [9.17, 15) is 4.79 Å². The summed E-state index contributed by atoms with van der Waals surface area (Å²) < 4.78 is 0. The second-order valence-electron chi connectivity index (χ2n) is 4.87. The molecule has 1 fully saturated rings. The summed E-state index contributed by atoms with van der Waals surface area (Å²) in [5.74, 6) is 0.132. The van der Waals surface area contributed by atoms with Crippen LogP contribution in [0.15, 0.2) is 6.20 Å². The lowest BCUT2D eigenvalue weighted by Crippen LogP contribution is -2.62. The zero-order valence-corrected chi connectivity index (χ0v) is 12.9. The fraction of sp³-hybridized carbons (Fsp3) is 0.667. The SMILES string of the molecule is CCCC1(C)C(=O)NCCN1Cc1cnc(N)s1.Cl. The molecule has 1 aliphatic rings. The highest BCUT2D eigenvalue weighted by atomic mass is 35.5. The van der Waals surface area contributed by atoms with E-state index in [0.29, 0.717) is 11.7 Å². The maximum Gasteiger partial charge on any atom is 0.240 e. The van der Waals surface area contributed by atoms with Gasteiger partial charge in [-0.05, 0) is 13.3 Å². The standard InChI is InChI=1S/C12H20N4OS.ClH/c1-3-4-12(2)10(17)14-5-6-16(12)8-9-7-15-11(13)18-9;/h7H,3-6,8H2,1-2H3,(H2,13,15)(H,14,17);1H. The van der Waals surface area contributed by atoms with Gasteiger partial charge in [0.25, 0.3) is 0 Å². The molecule has 108 valence electrons. The summed E-state index contributed by atoms with van der Waals surface area (Å²) in [5, 5.41) is 3.55. The van der Waals surface area contributed by atoms with Crippen LogP contribution in [0.4, 0.5) is 5.13 Å². The van der Waals surface area contributed by atoms with Crippen LogP contribution in [0, 0.1) is 0 Å². The predicted octanol–water partition coefficient (Wildman–Crippen LogP) is 1.64. The number of anilines is 1. The van der Waals surface area contributed by atoms with Crippen LogP contribution in [0.3, 0.4) is 0 Å². The van der Waals surface area contributed by atoms with Gasteiger partial charge in [-0.2, -0.15) is 0 Å². The Morgan fingerprint density at radius 2 is 2.37 bits per heavy atom. The van der Waals surface area contributed by atoms with E-state index in [2.05, 4.69) is 22.1 Å². The lowest BCUT2D eigenvalue weighted by molar-refractivity contribution is -0.137. The van der Waals surface area contributed by atoms with Crippen molar-refractivity contribution in [2.24, 2.45) is 0 Å². The van der Waals surface area contributed by atoms with Crippen LogP contribution >= 0.6 is 23.7 Å². The number of carbonyl (C=O) groups excluding carboxylic acids is 1. The molecule has 0 aliphatic carbocycles. The number of piperazine rings is 1. The third kappa shape index (κ3) is 3.38. The fourth-order valence-corrected chi connectivity index (χ4v) is 3.18. The molecule has 2 heterocycles. The van der Waals surface area contributed by atoms with Crippen molar-refractivity contribution in [3.8, 4) is 0 Å². The molecular weight excluding hydrogens is 284 g/mol. The topological polar surface area (TPSA) is 71.2 Å². The third-order valence-corrected chi connectivity index (χ3v) is 4.32. The molecule has 0 radical (unpaired) electrons. The Labute approximate surface area is 124 Å². The number of rotatable bonds is 4. The van der Waals surface area contributed by atoms with Crippen LogP contribution in [0.2, 0.25) is 0 Å². The molecule has 3 N–H and O–H groups in total. The molecule has 0 spiro atoms. The van der Waals surface area contributed by atoms with Crippen LogP contribution in [0.1, 0.15) is 31.6 Å². The highest BCUT2D eigenvalue weighted by Gasteiger charge is 2.41. The Bertz CT molecular complexity index is 439. The predicted molar refractivity (Wildman–Crippen MR) is 80.5 cm³/mol. The summed E-state index contributed by atoms with van der Waals surface area (Å²) in [6.07, 6.45) is 3.66. The molecular formula is C12H21ClN4OS. The Morgan fingerprint density at radius 3 is 2.95 bits per heavy atom. The van der Waals surface area contributed by atoms with Gasteiger partial charge in [-0.3, -0.25) is 9.69 Å². The van der Waals surface area contributed by atoms with Gasteiger partial charge in [0, 0.05) is 30.7 Å². The molecule has 7 heteroatoms. The molecule has 1 saturated heterocycles. The number of nitrogens with one attached hydrogen (secondary N) is 1. The molecule has 1 unspecified atom stereocenters. The lowest BCUT2D eigenvalue weighted by atomic mass is 9.90. The summed E-state index contributed by atoms with van der Waals surface area (Å²) in [4.78, 5) is 19.5. The van der Waals surface area contributed by atoms with E-state index in [4.69, 9.17) is 5.73 Å². The van der Waals surface area contributed by atoms with Crippen LogP contribution < -0.4 is 11.1 Å². The van der Waals surface area contributed by atoms with Gasteiger partial charge in [0.1, 0.15) is 0 Å². The van der Waals surface area contributed by atoms with Gasteiger partial charge in [-0.1, -0.05) is 13.3 Å². The number of nitrogen functional groups attached to an aromatic ring is 1. The second-order valence-corrected chi connectivity index (χ2v) is 6.01. The number of hydrogen-bond donors (Lipinski definition) is 2. The second kappa shape index (κ2) is 6.54. The molecule has 2 rings (SSSR count). The molecule has 19 heavy (non-hydrogen) atoms. The fourth-order valence-electron chi connectivity index (χ4n) is 2.48. The van der Waals surface area contributed by atoms with E-state index >= 15 is 0 Å². The molecule has 1 atom stereocenters. The van der Waals surface area contributed by atoms with E-state index < -0.39 is 5.54 Å². The zero-order chi connectivity index (χ0) is 13.2. The Balaban J connectivity index is 0.00000180. The van der Waals surface area contributed by atoms with Crippen LogP contribution in [-0.2, 0) is 11.3 Å². The Hall–Kier alpha value is -0.850. The van der Waals surface area contributed by atoms with Crippen molar-refractivity contribution in [3.63, 3.8) is 0 Å². The number of amides is 1. The van der Waals surface area contributed by atoms with E-state index in [1.54, 1.807) is 6.20 Å². The van der Waals surface area contributed by atoms with E-state index in [1.807, 2.05) is 6.92 Å². The normalized spacial score (nSPS) is 23.8. The monoisotopic (exact) mass is 304 g/mol. The molecule has 1 aromatic heterocycles. The van der Waals surface area contributed by atoms with Crippen molar-refractivity contribution < 1.29 is 4.79 Å². The van der Waals surface area contributed by atoms with Gasteiger partial charge in [-0.25, -0.2) is 4.98 Å². The van der Waals surface area contributed by atoms with Crippen molar-refractivity contribution in [2.45, 2.75) is 38.8 Å². The first-order valence-electron chi connectivity index (χ1n) is 6.30. The average molecular weight is 305 g/mol. The van der Waals surface area contributed by atoms with Gasteiger partial charge < -0.3 is 11.1 Å². The molecule has 1 aliphatic heterocycles. The number of thiazole rings is 1. The molecule has 0 bridgehead atoms. The third-order valence-electron chi connectivity index (χ3n) is 3.51. The minimum absolute atomic E-state index is 0. The summed E-state index contributed by atoms with van der Waals surface area (Å²) >= 11 is 1.49. The van der Waals surface area contributed by atoms with Crippen LogP contribution in [0.5, 0.6) is 0 Å². The summed E-state index contributed by atoms with van der Waals surface area (Å²) in [6.45, 7) is 6.47. The minimum Gasteiger partial charge on any atom is -0.375 e. The largest absolute Gasteiger partial charge is 0.375 e. The molecule has 1 aromatic rings. The lowest BCUT2D eigenvalue weighted by Gasteiger charge is -2.43. The smallest absolute Gasteiger partial charge is 0.240 e. The van der Waals surface area contributed by atoms with E-state index in [-0.39, 0.29) is 18.3 Å². The average Bonchev–Trinajstić information content (AvgIpc) is 2.72. The van der Waals surface area contributed by atoms with E-state index in [0.717, 1.165) is 30.8 Å². The number of nitrogens with two attached hydrogens (primary N) is 1. The highest BCUT2D eigenvalue weighted by Crippen LogP contribution is 2.27. The van der Waals surface area contributed by atoms with Crippen molar-refractivity contribution >= 4 is 34.8 Å². The summed E-state index contributed by atoms with van der Waals surface area (Å²) in [5.41, 5.74) is 5.24. The van der Waals surface area contributed by atoms with Crippen molar-refractivity contribution in [3.05, 3.63) is 11.1 Å². The van der Waals surface area contributed by atoms with Gasteiger partial charge in [-0.15, -0.1) is 23.7 Å². The summed E-state index contributed by atoms with van der Waals surface area (Å²) in [6, 6.07) is 0. The van der Waals surface area contributed by atoms with Gasteiger partial charge in [0.2, 0.25) is 5.91 Å². The highest BCUT2D eigenvalue weighted by molar-refractivity contribution is 7.15. The van der Waals surface area contributed by atoms with Crippen molar-refractivity contribution in [2.75, 3.05) is 18.8 Å². The van der Waals surface area contributed by atoms with Gasteiger partial charge in [0.15, 0.2) is 5.13 Å². The van der Waals surface area contributed by atoms with Gasteiger partial charge >= 0.3 is 0 Å². The Kier molecular flexibility index (Phi) is 5.58. The maximum absolute atomic E-state index is 12.1. The first-order chi connectivity index (χ1) is 8.56. The molecule has 0 saturated carbocycles. The number of nitrogens with zero attached hydrogens (tertiary/aromatic N) is 2. The van der Waals surface area contributed by atoms with E-state index in [1.165, 1.54) is 11.3 Å². The first kappa shape index (κ1) is 16.2. The van der Waals surface area contributed by atoms with Crippen molar-refractivity contribution in [1.82, 2.24) is 15.2 Å². The van der Waals surface area contributed by atoms with Crippen LogP contribution in [0.25, 0.3) is 0 Å². The quantitative estimate of drug-likeness (QED) is 0.887. The zero-order valence-electron chi connectivity index (χ0n) is 11.3. The number of carbonyl (C=O) groups is 1. The maximum atomic E-state index is 12.1. The minimum atomic E-state index is -0.411. The van der Waals surface area contributed by atoms with Gasteiger partial charge in [0.05, 0.1) is 5.54 Å². The number of hydrogen-bond acceptors (Lipinski definition) is 5. The molecule has 5 nitrogen and oxygen atoms in total.